The Bertz CT molecular complexity index is 339. The minimum atomic E-state index is -1.74. The van der Waals surface area contributed by atoms with Crippen molar-refractivity contribution in [3.63, 3.8) is 0 Å². The highest BCUT2D eigenvalue weighted by Gasteiger charge is 2.31. The Balaban J connectivity index is 2.89. The lowest BCUT2D eigenvalue weighted by Crippen LogP contribution is -2.51. The van der Waals surface area contributed by atoms with Gasteiger partial charge in [-0.05, 0) is 50.1 Å². The second-order valence-corrected chi connectivity index (χ2v) is 14.1. The molecule has 0 unspecified atom stereocenters. The SMILES string of the molecule is COc1ccc([Si](C)(C)O[Si](C)(C)C)cc1. The molecule has 0 aliphatic carbocycles. The molecule has 4 heteroatoms. The smallest absolute Gasteiger partial charge is 0.205 e. The Hall–Kier alpha value is -0.586. The molecule has 1 rings (SSSR count). The standard InChI is InChI=1S/C12H22O2Si2/c1-13-11-7-9-12(10-8-11)16(5,6)14-15(2,3)4/h7-10H,1-6H3. The van der Waals surface area contributed by atoms with Crippen LogP contribution in [0.25, 0.3) is 0 Å². The highest BCUT2D eigenvalue weighted by Crippen LogP contribution is 2.16. The monoisotopic (exact) mass is 254 g/mol. The number of hydrogen-bond acceptors (Lipinski definition) is 2. The zero-order chi connectivity index (χ0) is 12.4. The van der Waals surface area contributed by atoms with Crippen molar-refractivity contribution in [1.82, 2.24) is 0 Å². The summed E-state index contributed by atoms with van der Waals surface area (Å²) in [5.41, 5.74) is 0. The predicted octanol–water partition coefficient (Wildman–Crippen LogP) is 2.96. The van der Waals surface area contributed by atoms with Gasteiger partial charge in [0, 0.05) is 0 Å². The zero-order valence-electron chi connectivity index (χ0n) is 11.1. The number of benzene rings is 1. The molecule has 0 saturated heterocycles. The number of methoxy groups -OCH3 is 1. The Morgan fingerprint density at radius 3 is 1.75 bits per heavy atom. The number of ether oxygens (including phenoxy) is 1. The van der Waals surface area contributed by atoms with Crippen molar-refractivity contribution in [3.05, 3.63) is 24.3 Å². The van der Waals surface area contributed by atoms with Crippen LogP contribution in [0.1, 0.15) is 0 Å². The zero-order valence-corrected chi connectivity index (χ0v) is 13.1. The molecule has 0 aliphatic rings. The average Bonchev–Trinajstić information content (AvgIpc) is 2.14. The van der Waals surface area contributed by atoms with Crippen LogP contribution in [0, 0.1) is 0 Å². The van der Waals surface area contributed by atoms with Gasteiger partial charge < -0.3 is 8.85 Å². The summed E-state index contributed by atoms with van der Waals surface area (Å²) in [4.78, 5) is 0. The van der Waals surface area contributed by atoms with E-state index in [4.69, 9.17) is 8.85 Å². The molecule has 1 aromatic rings. The molecular weight excluding hydrogens is 232 g/mol. The van der Waals surface area contributed by atoms with Gasteiger partial charge in [0.25, 0.3) is 0 Å². The van der Waals surface area contributed by atoms with Crippen LogP contribution in [-0.4, -0.2) is 23.7 Å². The maximum atomic E-state index is 6.32. The van der Waals surface area contributed by atoms with E-state index in [1.165, 1.54) is 5.19 Å². The van der Waals surface area contributed by atoms with Crippen LogP contribution in [0.15, 0.2) is 24.3 Å². The van der Waals surface area contributed by atoms with E-state index < -0.39 is 16.6 Å². The van der Waals surface area contributed by atoms with E-state index >= 15 is 0 Å². The van der Waals surface area contributed by atoms with Gasteiger partial charge in [0.1, 0.15) is 5.75 Å². The summed E-state index contributed by atoms with van der Waals surface area (Å²) in [6, 6.07) is 8.28. The number of rotatable bonds is 4. The normalized spacial score (nSPS) is 12.6. The van der Waals surface area contributed by atoms with Gasteiger partial charge in [0.15, 0.2) is 8.32 Å². The lowest BCUT2D eigenvalue weighted by Gasteiger charge is -2.31. The second kappa shape index (κ2) is 4.73. The molecule has 0 radical (unpaired) electrons. The molecule has 0 fully saturated rings. The fourth-order valence-corrected chi connectivity index (χ4v) is 9.38. The van der Waals surface area contributed by atoms with E-state index in [-0.39, 0.29) is 0 Å². The van der Waals surface area contributed by atoms with E-state index in [0.29, 0.717) is 0 Å². The van der Waals surface area contributed by atoms with Crippen molar-refractivity contribution in [2.24, 2.45) is 0 Å². The fraction of sp³-hybridized carbons (Fsp3) is 0.500. The van der Waals surface area contributed by atoms with Crippen LogP contribution in [0.3, 0.4) is 0 Å². The summed E-state index contributed by atoms with van der Waals surface area (Å²) in [7, 11) is -1.52. The molecule has 0 aromatic heterocycles. The van der Waals surface area contributed by atoms with Crippen LogP contribution in [-0.2, 0) is 4.12 Å². The largest absolute Gasteiger partial charge is 0.497 e. The van der Waals surface area contributed by atoms with Crippen molar-refractivity contribution in [2.75, 3.05) is 7.11 Å². The first-order valence-electron chi connectivity index (χ1n) is 5.59. The third kappa shape index (κ3) is 3.77. The molecule has 0 bridgehead atoms. The maximum Gasteiger partial charge on any atom is 0.205 e. The highest BCUT2D eigenvalue weighted by molar-refractivity contribution is 6.92. The Morgan fingerprint density at radius 2 is 1.38 bits per heavy atom. The topological polar surface area (TPSA) is 18.5 Å². The molecule has 0 N–H and O–H groups in total. The minimum Gasteiger partial charge on any atom is -0.497 e. The van der Waals surface area contributed by atoms with Crippen LogP contribution < -0.4 is 9.92 Å². The van der Waals surface area contributed by atoms with Gasteiger partial charge in [-0.25, -0.2) is 0 Å². The molecule has 0 atom stereocenters. The molecule has 0 aliphatic heterocycles. The van der Waals surface area contributed by atoms with Gasteiger partial charge in [0.05, 0.1) is 7.11 Å². The summed E-state index contributed by atoms with van der Waals surface area (Å²) >= 11 is 0. The molecular formula is C12H22O2Si2. The predicted molar refractivity (Wildman–Crippen MR) is 74.5 cm³/mol. The van der Waals surface area contributed by atoms with E-state index in [2.05, 4.69) is 44.9 Å². The van der Waals surface area contributed by atoms with E-state index in [0.717, 1.165) is 5.75 Å². The molecule has 16 heavy (non-hydrogen) atoms. The summed E-state index contributed by atoms with van der Waals surface area (Å²) in [5.74, 6) is 0.904. The second-order valence-electron chi connectivity index (χ2n) is 5.45. The van der Waals surface area contributed by atoms with Crippen LogP contribution in [0.5, 0.6) is 5.75 Å². The Labute approximate surface area is 101 Å². The maximum absolute atomic E-state index is 6.32. The van der Waals surface area contributed by atoms with Crippen LogP contribution >= 0.6 is 0 Å². The average molecular weight is 254 g/mol. The molecule has 90 valence electrons. The summed E-state index contributed by atoms with van der Waals surface area (Å²) in [6.45, 7) is 11.2. The molecule has 1 aromatic carbocycles. The Kier molecular flexibility index (Phi) is 3.99. The van der Waals surface area contributed by atoms with Gasteiger partial charge in [-0.1, -0.05) is 12.1 Å². The lowest BCUT2D eigenvalue weighted by atomic mass is 10.3. The van der Waals surface area contributed by atoms with Crippen molar-refractivity contribution in [2.45, 2.75) is 32.7 Å². The van der Waals surface area contributed by atoms with Crippen LogP contribution in [0.2, 0.25) is 32.7 Å². The van der Waals surface area contributed by atoms with Gasteiger partial charge >= 0.3 is 0 Å². The third-order valence-corrected chi connectivity index (χ3v) is 8.56. The van der Waals surface area contributed by atoms with Crippen molar-refractivity contribution in [3.8, 4) is 5.75 Å². The van der Waals surface area contributed by atoms with Gasteiger partial charge in [-0.3, -0.25) is 0 Å². The lowest BCUT2D eigenvalue weighted by molar-refractivity contribution is 0.415. The van der Waals surface area contributed by atoms with Crippen LogP contribution in [0.4, 0.5) is 0 Å². The molecule has 2 nitrogen and oxygen atoms in total. The van der Waals surface area contributed by atoms with Gasteiger partial charge in [-0.2, -0.15) is 0 Å². The first-order valence-corrected chi connectivity index (χ1v) is 11.9. The summed E-state index contributed by atoms with van der Waals surface area (Å²) < 4.78 is 11.5. The highest BCUT2D eigenvalue weighted by atomic mass is 28.4. The van der Waals surface area contributed by atoms with E-state index in [9.17, 15) is 0 Å². The molecule has 0 heterocycles. The molecule has 0 spiro atoms. The van der Waals surface area contributed by atoms with E-state index in [1.807, 2.05) is 12.1 Å². The first-order chi connectivity index (χ1) is 7.24. The summed E-state index contributed by atoms with van der Waals surface area (Å²) in [6.07, 6.45) is 0. The fourth-order valence-electron chi connectivity index (χ4n) is 1.82. The van der Waals surface area contributed by atoms with Crippen molar-refractivity contribution < 1.29 is 8.85 Å². The van der Waals surface area contributed by atoms with Gasteiger partial charge in [-0.15, -0.1) is 0 Å². The third-order valence-electron chi connectivity index (χ3n) is 2.35. The minimum absolute atomic E-state index is 0.904. The van der Waals surface area contributed by atoms with Crippen molar-refractivity contribution >= 4 is 21.8 Å². The molecule has 0 amide bonds. The quantitative estimate of drug-likeness (QED) is 0.769. The van der Waals surface area contributed by atoms with Gasteiger partial charge in [0.2, 0.25) is 8.32 Å². The molecule has 0 saturated carbocycles. The summed E-state index contributed by atoms with van der Waals surface area (Å²) in [5, 5.41) is 1.33. The van der Waals surface area contributed by atoms with E-state index in [1.54, 1.807) is 7.11 Å². The van der Waals surface area contributed by atoms with Crippen molar-refractivity contribution in [1.29, 1.82) is 0 Å². The number of hydrogen-bond donors (Lipinski definition) is 0. The Morgan fingerprint density at radius 1 is 0.875 bits per heavy atom. The first kappa shape index (κ1) is 13.5.